The number of amides is 2. The number of nitrogens with zero attached hydrogens (tertiary/aromatic N) is 2. The van der Waals surface area contributed by atoms with Gasteiger partial charge in [0.15, 0.2) is 5.69 Å². The van der Waals surface area contributed by atoms with Gasteiger partial charge < -0.3 is 10.6 Å². The fourth-order valence-electron chi connectivity index (χ4n) is 3.31. The number of hydrogen-bond acceptors (Lipinski definition) is 4. The number of aromatic nitrogens is 2. The molecule has 0 bridgehead atoms. The van der Waals surface area contributed by atoms with Gasteiger partial charge >= 0.3 is 0 Å². The van der Waals surface area contributed by atoms with Crippen molar-refractivity contribution < 1.29 is 9.59 Å². The SMILES string of the molecule is Cc1cccc(C)c1NC(=O)CNC(=O)c1nn(CC(C)C)c(=O)c2ccccc12. The summed E-state index contributed by atoms with van der Waals surface area (Å²) in [6.45, 7) is 7.97. The lowest BCUT2D eigenvalue weighted by Crippen LogP contribution is -2.36. The molecule has 0 fully saturated rings. The highest BCUT2D eigenvalue weighted by Crippen LogP contribution is 2.19. The molecule has 0 aliphatic heterocycles. The predicted octanol–water partition coefficient (Wildman–Crippen LogP) is 3.04. The Bertz CT molecular complexity index is 1140. The molecular weight excluding hydrogens is 380 g/mol. The lowest BCUT2D eigenvalue weighted by molar-refractivity contribution is -0.115. The molecule has 3 rings (SSSR count). The maximum atomic E-state index is 12.8. The van der Waals surface area contributed by atoms with E-state index in [1.165, 1.54) is 4.68 Å². The van der Waals surface area contributed by atoms with Crippen LogP contribution >= 0.6 is 0 Å². The molecule has 0 unspecified atom stereocenters. The Hall–Kier alpha value is -3.48. The van der Waals surface area contributed by atoms with Gasteiger partial charge in [-0.15, -0.1) is 0 Å². The third kappa shape index (κ3) is 4.56. The molecule has 0 saturated heterocycles. The van der Waals surface area contributed by atoms with Crippen molar-refractivity contribution in [2.75, 3.05) is 11.9 Å². The normalized spacial score (nSPS) is 11.0. The number of anilines is 1. The number of carbonyl (C=O) groups is 2. The first-order valence-electron chi connectivity index (χ1n) is 9.92. The zero-order chi connectivity index (χ0) is 21.8. The molecule has 1 heterocycles. The lowest BCUT2D eigenvalue weighted by atomic mass is 10.1. The van der Waals surface area contributed by atoms with Gasteiger partial charge in [-0.05, 0) is 37.0 Å². The van der Waals surface area contributed by atoms with E-state index >= 15 is 0 Å². The third-order valence-corrected chi connectivity index (χ3v) is 4.78. The van der Waals surface area contributed by atoms with Crippen molar-refractivity contribution in [1.82, 2.24) is 15.1 Å². The van der Waals surface area contributed by atoms with Gasteiger partial charge in [0.05, 0.1) is 11.9 Å². The minimum absolute atomic E-state index is 0.130. The Labute approximate surface area is 175 Å². The molecule has 0 radical (unpaired) electrons. The fraction of sp³-hybridized carbons (Fsp3) is 0.304. The monoisotopic (exact) mass is 406 g/mol. The molecule has 0 atom stereocenters. The van der Waals surface area contributed by atoms with E-state index < -0.39 is 5.91 Å². The zero-order valence-electron chi connectivity index (χ0n) is 17.7. The molecule has 3 aromatic rings. The second-order valence-electron chi connectivity index (χ2n) is 7.77. The second-order valence-corrected chi connectivity index (χ2v) is 7.77. The number of rotatable bonds is 6. The number of carbonyl (C=O) groups excluding carboxylic acids is 2. The van der Waals surface area contributed by atoms with E-state index in [9.17, 15) is 14.4 Å². The summed E-state index contributed by atoms with van der Waals surface area (Å²) < 4.78 is 1.32. The fourth-order valence-corrected chi connectivity index (χ4v) is 3.31. The molecule has 7 nitrogen and oxygen atoms in total. The summed E-state index contributed by atoms with van der Waals surface area (Å²) in [5.41, 5.74) is 2.53. The van der Waals surface area contributed by atoms with E-state index in [0.29, 0.717) is 17.3 Å². The summed E-state index contributed by atoms with van der Waals surface area (Å²) in [6, 6.07) is 12.6. The maximum absolute atomic E-state index is 12.8. The van der Waals surface area contributed by atoms with Gasteiger partial charge in [-0.25, -0.2) is 4.68 Å². The summed E-state index contributed by atoms with van der Waals surface area (Å²) in [6.07, 6.45) is 0. The average Bonchev–Trinajstić information content (AvgIpc) is 2.71. The number of benzene rings is 2. The van der Waals surface area contributed by atoms with Crippen LogP contribution in [0.15, 0.2) is 47.3 Å². The molecule has 7 heteroatoms. The van der Waals surface area contributed by atoms with Gasteiger partial charge in [-0.1, -0.05) is 50.2 Å². The zero-order valence-corrected chi connectivity index (χ0v) is 17.7. The average molecular weight is 406 g/mol. The highest BCUT2D eigenvalue weighted by atomic mass is 16.2. The first kappa shape index (κ1) is 21.2. The van der Waals surface area contributed by atoms with Crippen LogP contribution in [0.25, 0.3) is 10.8 Å². The van der Waals surface area contributed by atoms with E-state index in [-0.39, 0.29) is 29.6 Å². The van der Waals surface area contributed by atoms with Crippen LogP contribution < -0.4 is 16.2 Å². The highest BCUT2D eigenvalue weighted by molar-refractivity contribution is 6.06. The van der Waals surface area contributed by atoms with Crippen LogP contribution in [0.3, 0.4) is 0 Å². The largest absolute Gasteiger partial charge is 0.342 e. The van der Waals surface area contributed by atoms with Gasteiger partial charge in [0.1, 0.15) is 0 Å². The van der Waals surface area contributed by atoms with Crippen molar-refractivity contribution in [2.45, 2.75) is 34.2 Å². The summed E-state index contributed by atoms with van der Waals surface area (Å²) in [4.78, 5) is 37.9. The first-order valence-corrected chi connectivity index (χ1v) is 9.92. The van der Waals surface area contributed by atoms with Gasteiger partial charge in [-0.2, -0.15) is 5.10 Å². The molecule has 156 valence electrons. The van der Waals surface area contributed by atoms with Crippen LogP contribution in [-0.4, -0.2) is 28.1 Å². The molecule has 0 aliphatic rings. The summed E-state index contributed by atoms with van der Waals surface area (Å²) in [7, 11) is 0. The standard InChI is InChI=1S/C23H26N4O3/c1-14(2)13-27-23(30)18-11-6-5-10-17(18)21(26-27)22(29)24-12-19(28)25-20-15(3)8-7-9-16(20)4/h5-11,14H,12-13H2,1-4H3,(H,24,29)(H,25,28). The Balaban J connectivity index is 1.82. The number of para-hydroxylation sites is 1. The molecule has 0 spiro atoms. The van der Waals surface area contributed by atoms with Crippen LogP contribution in [0.4, 0.5) is 5.69 Å². The molecule has 0 saturated carbocycles. The van der Waals surface area contributed by atoms with Gasteiger partial charge in [-0.3, -0.25) is 14.4 Å². The molecular formula is C23H26N4O3. The van der Waals surface area contributed by atoms with E-state index in [4.69, 9.17) is 0 Å². The second kappa shape index (κ2) is 8.90. The van der Waals surface area contributed by atoms with Crippen molar-refractivity contribution in [2.24, 2.45) is 5.92 Å². The Morgan fingerprint density at radius 1 is 1.00 bits per heavy atom. The van der Waals surface area contributed by atoms with E-state index in [0.717, 1.165) is 16.8 Å². The molecule has 2 aromatic carbocycles. The van der Waals surface area contributed by atoms with Gasteiger partial charge in [0.25, 0.3) is 11.5 Å². The minimum atomic E-state index is -0.500. The number of hydrogen-bond donors (Lipinski definition) is 2. The van der Waals surface area contributed by atoms with Gasteiger partial charge in [0.2, 0.25) is 5.91 Å². The topological polar surface area (TPSA) is 93.1 Å². The van der Waals surface area contributed by atoms with Gasteiger partial charge in [0, 0.05) is 17.6 Å². The highest BCUT2D eigenvalue weighted by Gasteiger charge is 2.18. The minimum Gasteiger partial charge on any atom is -0.342 e. The van der Waals surface area contributed by atoms with E-state index in [1.54, 1.807) is 24.3 Å². The van der Waals surface area contributed by atoms with Crippen molar-refractivity contribution in [3.8, 4) is 0 Å². The number of aryl methyl sites for hydroxylation is 2. The summed E-state index contributed by atoms with van der Waals surface area (Å²) in [5.74, 6) is -0.642. The smallest absolute Gasteiger partial charge is 0.274 e. The van der Waals surface area contributed by atoms with E-state index in [1.807, 2.05) is 45.9 Å². The molecule has 30 heavy (non-hydrogen) atoms. The number of nitrogens with one attached hydrogen (secondary N) is 2. The molecule has 0 aliphatic carbocycles. The van der Waals surface area contributed by atoms with Crippen LogP contribution in [0, 0.1) is 19.8 Å². The van der Waals surface area contributed by atoms with Crippen LogP contribution in [0.5, 0.6) is 0 Å². The van der Waals surface area contributed by atoms with Crippen LogP contribution in [0.2, 0.25) is 0 Å². The summed E-state index contributed by atoms with van der Waals surface area (Å²) >= 11 is 0. The Morgan fingerprint density at radius 2 is 1.63 bits per heavy atom. The van der Waals surface area contributed by atoms with Crippen LogP contribution in [-0.2, 0) is 11.3 Å². The van der Waals surface area contributed by atoms with Crippen LogP contribution in [0.1, 0.15) is 35.5 Å². The van der Waals surface area contributed by atoms with Crippen molar-refractivity contribution >= 4 is 28.3 Å². The van der Waals surface area contributed by atoms with Crippen molar-refractivity contribution in [3.63, 3.8) is 0 Å². The first-order chi connectivity index (χ1) is 14.3. The Morgan fingerprint density at radius 3 is 2.27 bits per heavy atom. The van der Waals surface area contributed by atoms with Crippen molar-refractivity contribution in [3.05, 3.63) is 69.6 Å². The van der Waals surface area contributed by atoms with Crippen molar-refractivity contribution in [1.29, 1.82) is 0 Å². The molecule has 1 aromatic heterocycles. The Kier molecular flexibility index (Phi) is 6.30. The third-order valence-electron chi connectivity index (χ3n) is 4.78. The van der Waals surface area contributed by atoms with E-state index in [2.05, 4.69) is 15.7 Å². The molecule has 2 N–H and O–H groups in total. The molecule has 2 amide bonds. The lowest BCUT2D eigenvalue weighted by Gasteiger charge is -2.14. The maximum Gasteiger partial charge on any atom is 0.274 e. The number of fused-ring (bicyclic) bond motifs is 1. The predicted molar refractivity (Wildman–Crippen MR) is 118 cm³/mol. The summed E-state index contributed by atoms with van der Waals surface area (Å²) in [5, 5.41) is 10.6. The quantitative estimate of drug-likeness (QED) is 0.658.